The summed E-state index contributed by atoms with van der Waals surface area (Å²) in [6, 6.07) is 4.20. The van der Waals surface area contributed by atoms with Gasteiger partial charge in [0, 0.05) is 28.4 Å². The van der Waals surface area contributed by atoms with E-state index in [1.165, 1.54) is 25.1 Å². The first-order valence-electron chi connectivity index (χ1n) is 8.44. The van der Waals surface area contributed by atoms with E-state index >= 15 is 0 Å². The number of nitrogens with two attached hydrogens (primary N) is 1. The maximum absolute atomic E-state index is 13.7. The molecule has 1 amide bonds. The molecule has 0 spiro atoms. The van der Waals surface area contributed by atoms with Gasteiger partial charge < -0.3 is 20.2 Å². The number of hydrogen-bond acceptors (Lipinski definition) is 5. The molecule has 4 N–H and O–H groups in total. The summed E-state index contributed by atoms with van der Waals surface area (Å²) >= 11 is 0. The third-order valence-electron chi connectivity index (χ3n) is 3.80. The Bertz CT molecular complexity index is 886. The number of halogens is 3. The van der Waals surface area contributed by atoms with Crippen molar-refractivity contribution in [1.82, 2.24) is 4.98 Å². The molecule has 28 heavy (non-hydrogen) atoms. The third kappa shape index (κ3) is 4.22. The molecule has 1 atom stereocenters. The molecule has 0 saturated heterocycles. The Morgan fingerprint density at radius 1 is 1.21 bits per heavy atom. The van der Waals surface area contributed by atoms with Crippen LogP contribution in [0.25, 0.3) is 10.9 Å². The summed E-state index contributed by atoms with van der Waals surface area (Å²) in [5.41, 5.74) is 1.38. The highest BCUT2D eigenvalue weighted by atomic mass is 19.4. The molecule has 10 heteroatoms. The summed E-state index contributed by atoms with van der Waals surface area (Å²) in [7, 11) is 0. The lowest BCUT2D eigenvalue weighted by Crippen LogP contribution is -2.57. The van der Waals surface area contributed by atoms with E-state index in [9.17, 15) is 22.8 Å². The van der Waals surface area contributed by atoms with E-state index in [2.05, 4.69) is 15.0 Å². The first-order chi connectivity index (χ1) is 12.8. The lowest BCUT2D eigenvalue weighted by atomic mass is 9.89. The van der Waals surface area contributed by atoms with Gasteiger partial charge in [-0.25, -0.2) is 9.59 Å². The number of ether oxygens (including phenoxy) is 2. The van der Waals surface area contributed by atoms with Gasteiger partial charge >= 0.3 is 18.2 Å². The molecule has 1 aromatic heterocycles. The van der Waals surface area contributed by atoms with E-state index in [1.807, 2.05) is 0 Å². The number of aromatic amines is 1. The van der Waals surface area contributed by atoms with Crippen molar-refractivity contribution in [3.05, 3.63) is 30.0 Å². The number of H-pyrrole nitrogens is 1. The molecule has 0 saturated carbocycles. The minimum Gasteiger partial charge on any atom is -0.464 e. The van der Waals surface area contributed by atoms with Crippen molar-refractivity contribution in [1.29, 1.82) is 0 Å². The van der Waals surface area contributed by atoms with Crippen LogP contribution in [0.4, 0.5) is 23.7 Å². The first-order valence-corrected chi connectivity index (χ1v) is 8.44. The molecule has 1 heterocycles. The predicted molar refractivity (Wildman–Crippen MR) is 96.7 cm³/mol. The van der Waals surface area contributed by atoms with Gasteiger partial charge in [-0.05, 0) is 45.9 Å². The molecular formula is C18H22F3N3O4. The lowest BCUT2D eigenvalue weighted by Gasteiger charge is -2.29. The van der Waals surface area contributed by atoms with Gasteiger partial charge in [-0.15, -0.1) is 0 Å². The number of hydrogen-bond donors (Lipinski definition) is 3. The number of fused-ring (bicyclic) bond motifs is 1. The quantitative estimate of drug-likeness (QED) is 0.676. The summed E-state index contributed by atoms with van der Waals surface area (Å²) in [6.07, 6.45) is -4.88. The summed E-state index contributed by atoms with van der Waals surface area (Å²) in [6.45, 7) is 6.14. The number of benzene rings is 1. The van der Waals surface area contributed by atoms with Crippen LogP contribution in [-0.4, -0.2) is 35.4 Å². The molecule has 0 aliphatic carbocycles. The zero-order chi connectivity index (χ0) is 21.3. The number of aromatic nitrogens is 1. The number of rotatable bonds is 4. The number of carbonyl (C=O) groups excluding carboxylic acids is 2. The van der Waals surface area contributed by atoms with Gasteiger partial charge in [-0.3, -0.25) is 5.32 Å². The second-order valence-electron chi connectivity index (χ2n) is 7.12. The Morgan fingerprint density at radius 2 is 1.86 bits per heavy atom. The van der Waals surface area contributed by atoms with Crippen LogP contribution in [0.1, 0.15) is 33.3 Å². The maximum Gasteiger partial charge on any atom is 0.421 e. The minimum absolute atomic E-state index is 0.0152. The standard InChI is InChI=1S/C18H22F3N3O4/c1-5-27-14(25)17(22,18(19,20)21)12-9-23-13-7-6-10(8-11(12)13)24-15(26)28-16(2,3)4/h6-9,23H,5,22H2,1-4H3,(H,24,26)/t17-/m0/s1. The highest BCUT2D eigenvalue weighted by Crippen LogP contribution is 2.41. The lowest BCUT2D eigenvalue weighted by molar-refractivity contribution is -0.208. The van der Waals surface area contributed by atoms with Crippen LogP contribution in [0.15, 0.2) is 24.4 Å². The Labute approximate surface area is 159 Å². The smallest absolute Gasteiger partial charge is 0.421 e. The van der Waals surface area contributed by atoms with Crippen molar-refractivity contribution in [2.75, 3.05) is 11.9 Å². The van der Waals surface area contributed by atoms with Crippen LogP contribution in [-0.2, 0) is 19.8 Å². The normalized spacial score (nSPS) is 14.4. The molecule has 2 aromatic rings. The number of amides is 1. The Morgan fingerprint density at radius 3 is 2.39 bits per heavy atom. The molecule has 154 valence electrons. The van der Waals surface area contributed by atoms with Crippen LogP contribution >= 0.6 is 0 Å². The SMILES string of the molecule is CCOC(=O)[C@@](N)(c1c[nH]c2ccc(NC(=O)OC(C)(C)C)cc12)C(F)(F)F. The largest absolute Gasteiger partial charge is 0.464 e. The zero-order valence-corrected chi connectivity index (χ0v) is 15.9. The average Bonchev–Trinajstić information content (AvgIpc) is 2.94. The second kappa shape index (κ2) is 7.34. The summed E-state index contributed by atoms with van der Waals surface area (Å²) in [5, 5.41) is 2.45. The van der Waals surface area contributed by atoms with Gasteiger partial charge in [0.2, 0.25) is 5.54 Å². The number of carbonyl (C=O) groups is 2. The van der Waals surface area contributed by atoms with Crippen LogP contribution in [0, 0.1) is 0 Å². The third-order valence-corrected chi connectivity index (χ3v) is 3.80. The van der Waals surface area contributed by atoms with Crippen molar-refractivity contribution in [2.45, 2.75) is 45.0 Å². The predicted octanol–water partition coefficient (Wildman–Crippen LogP) is 3.79. The van der Waals surface area contributed by atoms with Crippen molar-refractivity contribution in [3.63, 3.8) is 0 Å². The van der Waals surface area contributed by atoms with Crippen LogP contribution in [0.3, 0.4) is 0 Å². The molecule has 0 aliphatic rings. The van der Waals surface area contributed by atoms with E-state index in [0.717, 1.165) is 6.20 Å². The monoisotopic (exact) mass is 401 g/mol. The molecular weight excluding hydrogens is 379 g/mol. The van der Waals surface area contributed by atoms with Crippen molar-refractivity contribution in [3.8, 4) is 0 Å². The van der Waals surface area contributed by atoms with E-state index in [1.54, 1.807) is 20.8 Å². The minimum atomic E-state index is -5.11. The molecule has 0 fully saturated rings. The van der Waals surface area contributed by atoms with Crippen molar-refractivity contribution in [2.24, 2.45) is 5.73 Å². The van der Waals surface area contributed by atoms with Gasteiger partial charge in [0.05, 0.1) is 6.61 Å². The fourth-order valence-electron chi connectivity index (χ4n) is 2.57. The van der Waals surface area contributed by atoms with Gasteiger partial charge in [0.15, 0.2) is 0 Å². The molecule has 0 aliphatic heterocycles. The fraction of sp³-hybridized carbons (Fsp3) is 0.444. The van der Waals surface area contributed by atoms with Crippen LogP contribution in [0.2, 0.25) is 0 Å². The fourth-order valence-corrected chi connectivity index (χ4v) is 2.57. The van der Waals surface area contributed by atoms with E-state index in [4.69, 9.17) is 10.5 Å². The van der Waals surface area contributed by atoms with Gasteiger partial charge in [-0.1, -0.05) is 0 Å². The first kappa shape index (κ1) is 21.5. The van der Waals surface area contributed by atoms with Gasteiger partial charge in [0.1, 0.15) is 5.60 Å². The second-order valence-corrected chi connectivity index (χ2v) is 7.12. The average molecular weight is 401 g/mol. The van der Waals surface area contributed by atoms with Crippen LogP contribution in [0.5, 0.6) is 0 Å². The topological polar surface area (TPSA) is 106 Å². The van der Waals surface area contributed by atoms with E-state index in [-0.39, 0.29) is 17.7 Å². The Kier molecular flexibility index (Phi) is 5.65. The van der Waals surface area contributed by atoms with Crippen molar-refractivity contribution >= 4 is 28.7 Å². The number of nitrogens with one attached hydrogen (secondary N) is 2. The highest BCUT2D eigenvalue weighted by molar-refractivity contribution is 5.96. The molecule has 2 rings (SSSR count). The molecule has 0 radical (unpaired) electrons. The van der Waals surface area contributed by atoms with Gasteiger partial charge in [0.25, 0.3) is 0 Å². The maximum atomic E-state index is 13.7. The summed E-state index contributed by atoms with van der Waals surface area (Å²) in [5.74, 6) is -1.62. The number of esters is 1. The molecule has 7 nitrogen and oxygen atoms in total. The summed E-state index contributed by atoms with van der Waals surface area (Å²) < 4.78 is 50.9. The summed E-state index contributed by atoms with van der Waals surface area (Å²) in [4.78, 5) is 26.7. The van der Waals surface area contributed by atoms with Crippen LogP contribution < -0.4 is 11.1 Å². The molecule has 0 unspecified atom stereocenters. The Hall–Kier alpha value is -2.75. The molecule has 1 aromatic carbocycles. The van der Waals surface area contributed by atoms with E-state index < -0.39 is 34.9 Å². The number of anilines is 1. The zero-order valence-electron chi connectivity index (χ0n) is 15.9. The highest BCUT2D eigenvalue weighted by Gasteiger charge is 2.61. The molecule has 0 bridgehead atoms. The number of alkyl halides is 3. The van der Waals surface area contributed by atoms with Crippen molar-refractivity contribution < 1.29 is 32.2 Å². The van der Waals surface area contributed by atoms with Gasteiger partial charge in [-0.2, -0.15) is 13.2 Å². The van der Waals surface area contributed by atoms with E-state index in [0.29, 0.717) is 5.52 Å². The Balaban J connectivity index is 2.50.